The molecule has 1 fully saturated rings. The number of aryl methyl sites for hydroxylation is 1. The summed E-state index contributed by atoms with van der Waals surface area (Å²) in [6.45, 7) is 6.33. The molecular weight excluding hydrogens is 300 g/mol. The summed E-state index contributed by atoms with van der Waals surface area (Å²) >= 11 is 6.01. The van der Waals surface area contributed by atoms with Crippen molar-refractivity contribution in [2.45, 2.75) is 32.8 Å². The van der Waals surface area contributed by atoms with Gasteiger partial charge in [-0.1, -0.05) is 11.6 Å². The fourth-order valence-corrected chi connectivity index (χ4v) is 3.04. The molecule has 1 aromatic carbocycles. The average Bonchev–Trinajstić information content (AvgIpc) is 2.51. The van der Waals surface area contributed by atoms with Gasteiger partial charge in [0.25, 0.3) is 5.91 Å². The van der Waals surface area contributed by atoms with Gasteiger partial charge in [0.2, 0.25) is 0 Å². The number of hydrogen-bond donors (Lipinski definition) is 1. The number of halogens is 1. The maximum atomic E-state index is 12.6. The van der Waals surface area contributed by atoms with Gasteiger partial charge in [-0.2, -0.15) is 0 Å². The molecule has 4 nitrogen and oxygen atoms in total. The quantitative estimate of drug-likeness (QED) is 0.905. The Labute approximate surface area is 137 Å². The van der Waals surface area contributed by atoms with Crippen LogP contribution in [-0.2, 0) is 4.79 Å². The molecule has 1 aliphatic rings. The van der Waals surface area contributed by atoms with Crippen LogP contribution in [0.4, 0.5) is 0 Å². The lowest BCUT2D eigenvalue weighted by Crippen LogP contribution is -2.47. The van der Waals surface area contributed by atoms with E-state index < -0.39 is 6.10 Å². The van der Waals surface area contributed by atoms with E-state index in [9.17, 15) is 4.79 Å². The van der Waals surface area contributed by atoms with Gasteiger partial charge in [-0.3, -0.25) is 4.79 Å². The first-order valence-electron chi connectivity index (χ1n) is 7.87. The molecule has 5 heteroatoms. The van der Waals surface area contributed by atoms with Crippen molar-refractivity contribution >= 4 is 17.5 Å². The Bertz CT molecular complexity index is 519. The normalized spacial score (nSPS) is 19.8. The number of benzene rings is 1. The van der Waals surface area contributed by atoms with Gasteiger partial charge in [0.1, 0.15) is 5.75 Å². The second kappa shape index (κ2) is 7.84. The summed E-state index contributed by atoms with van der Waals surface area (Å²) in [7, 11) is 1.95. The predicted molar refractivity (Wildman–Crippen MR) is 89.5 cm³/mol. The van der Waals surface area contributed by atoms with Crippen molar-refractivity contribution in [3.05, 3.63) is 28.8 Å². The molecule has 1 heterocycles. The van der Waals surface area contributed by atoms with Crippen LogP contribution in [0, 0.1) is 12.8 Å². The monoisotopic (exact) mass is 324 g/mol. The summed E-state index contributed by atoms with van der Waals surface area (Å²) < 4.78 is 5.79. The SMILES string of the molecule is CNCC1CCCN(C(=O)C(C)Oc2ccc(Cl)c(C)c2)C1. The highest BCUT2D eigenvalue weighted by atomic mass is 35.5. The Hall–Kier alpha value is -1.26. The van der Waals surface area contributed by atoms with Crippen LogP contribution in [0.3, 0.4) is 0 Å². The maximum Gasteiger partial charge on any atom is 0.263 e. The zero-order chi connectivity index (χ0) is 16.1. The van der Waals surface area contributed by atoms with Gasteiger partial charge in [-0.05, 0) is 70.0 Å². The molecule has 22 heavy (non-hydrogen) atoms. The summed E-state index contributed by atoms with van der Waals surface area (Å²) in [4.78, 5) is 14.5. The fraction of sp³-hybridized carbons (Fsp3) is 0.588. The third-order valence-corrected chi connectivity index (χ3v) is 4.54. The van der Waals surface area contributed by atoms with E-state index >= 15 is 0 Å². The summed E-state index contributed by atoms with van der Waals surface area (Å²) in [5.41, 5.74) is 0.950. The van der Waals surface area contributed by atoms with E-state index in [1.54, 1.807) is 12.1 Å². The predicted octanol–water partition coefficient (Wildman–Crippen LogP) is 2.87. The molecule has 1 aromatic rings. The number of likely N-dealkylation sites (tertiary alicyclic amines) is 1. The smallest absolute Gasteiger partial charge is 0.263 e. The zero-order valence-electron chi connectivity index (χ0n) is 13.6. The maximum absolute atomic E-state index is 12.6. The molecule has 1 aliphatic heterocycles. The number of amides is 1. The molecule has 0 spiro atoms. The van der Waals surface area contributed by atoms with Crippen molar-refractivity contribution in [2.75, 3.05) is 26.7 Å². The topological polar surface area (TPSA) is 41.6 Å². The van der Waals surface area contributed by atoms with Gasteiger partial charge in [0, 0.05) is 18.1 Å². The van der Waals surface area contributed by atoms with Crippen LogP contribution in [0.25, 0.3) is 0 Å². The Balaban J connectivity index is 1.94. The fourth-order valence-electron chi connectivity index (χ4n) is 2.92. The van der Waals surface area contributed by atoms with Crippen LogP contribution in [0.15, 0.2) is 18.2 Å². The number of nitrogens with one attached hydrogen (secondary N) is 1. The molecule has 0 radical (unpaired) electrons. The van der Waals surface area contributed by atoms with E-state index in [1.165, 1.54) is 6.42 Å². The number of rotatable bonds is 5. The van der Waals surface area contributed by atoms with Gasteiger partial charge in [-0.25, -0.2) is 0 Å². The lowest BCUT2D eigenvalue weighted by atomic mass is 9.97. The minimum absolute atomic E-state index is 0.0633. The van der Waals surface area contributed by atoms with Crippen LogP contribution in [0.5, 0.6) is 5.75 Å². The minimum Gasteiger partial charge on any atom is -0.481 e. The van der Waals surface area contributed by atoms with E-state index in [1.807, 2.05) is 31.9 Å². The molecule has 0 aliphatic carbocycles. The standard InChI is InChI=1S/C17H25ClN2O2/c1-12-9-15(6-7-16(12)18)22-13(2)17(21)20-8-4-5-14(11-20)10-19-3/h6-7,9,13-14,19H,4-5,8,10-11H2,1-3H3. The van der Waals surface area contributed by atoms with Crippen LogP contribution in [0.2, 0.25) is 5.02 Å². The molecule has 2 atom stereocenters. The van der Waals surface area contributed by atoms with Crippen molar-refractivity contribution in [1.29, 1.82) is 0 Å². The van der Waals surface area contributed by atoms with Gasteiger partial charge < -0.3 is 15.0 Å². The van der Waals surface area contributed by atoms with E-state index in [0.29, 0.717) is 16.7 Å². The largest absolute Gasteiger partial charge is 0.481 e. The molecule has 0 bridgehead atoms. The summed E-state index contributed by atoms with van der Waals surface area (Å²) in [5, 5.41) is 3.90. The summed E-state index contributed by atoms with van der Waals surface area (Å²) in [6.07, 6.45) is 1.76. The van der Waals surface area contributed by atoms with E-state index in [-0.39, 0.29) is 5.91 Å². The lowest BCUT2D eigenvalue weighted by molar-refractivity contribution is -0.139. The first kappa shape index (κ1) is 17.1. The molecule has 0 saturated carbocycles. The third kappa shape index (κ3) is 4.37. The molecule has 1 saturated heterocycles. The number of hydrogen-bond acceptors (Lipinski definition) is 3. The first-order valence-corrected chi connectivity index (χ1v) is 8.25. The van der Waals surface area contributed by atoms with Crippen LogP contribution in [-0.4, -0.2) is 43.6 Å². The van der Waals surface area contributed by atoms with Crippen molar-refractivity contribution in [3.63, 3.8) is 0 Å². The highest BCUT2D eigenvalue weighted by molar-refractivity contribution is 6.31. The van der Waals surface area contributed by atoms with Gasteiger partial charge in [0.15, 0.2) is 6.10 Å². The van der Waals surface area contributed by atoms with Crippen LogP contribution >= 0.6 is 11.6 Å². The Morgan fingerprint density at radius 2 is 2.32 bits per heavy atom. The number of carbonyl (C=O) groups is 1. The molecular formula is C17H25ClN2O2. The van der Waals surface area contributed by atoms with Gasteiger partial charge in [-0.15, -0.1) is 0 Å². The first-order chi connectivity index (χ1) is 10.5. The molecule has 1 N–H and O–H groups in total. The van der Waals surface area contributed by atoms with E-state index in [2.05, 4.69) is 5.32 Å². The van der Waals surface area contributed by atoms with Crippen LogP contribution in [0.1, 0.15) is 25.3 Å². The Morgan fingerprint density at radius 1 is 1.55 bits per heavy atom. The highest BCUT2D eigenvalue weighted by Crippen LogP contribution is 2.23. The average molecular weight is 325 g/mol. The molecule has 122 valence electrons. The third-order valence-electron chi connectivity index (χ3n) is 4.11. The summed E-state index contributed by atoms with van der Waals surface area (Å²) in [6, 6.07) is 5.47. The highest BCUT2D eigenvalue weighted by Gasteiger charge is 2.27. The Morgan fingerprint density at radius 3 is 3.00 bits per heavy atom. The second-order valence-electron chi connectivity index (χ2n) is 6.02. The van der Waals surface area contributed by atoms with Gasteiger partial charge >= 0.3 is 0 Å². The van der Waals surface area contributed by atoms with Crippen molar-refractivity contribution in [3.8, 4) is 5.75 Å². The van der Waals surface area contributed by atoms with Crippen LogP contribution < -0.4 is 10.1 Å². The molecule has 2 rings (SSSR count). The van der Waals surface area contributed by atoms with Crippen molar-refractivity contribution in [2.24, 2.45) is 5.92 Å². The second-order valence-corrected chi connectivity index (χ2v) is 6.43. The van der Waals surface area contributed by atoms with E-state index in [4.69, 9.17) is 16.3 Å². The van der Waals surface area contributed by atoms with Crippen molar-refractivity contribution in [1.82, 2.24) is 10.2 Å². The zero-order valence-corrected chi connectivity index (χ0v) is 14.3. The number of carbonyl (C=O) groups excluding carboxylic acids is 1. The molecule has 2 unspecified atom stereocenters. The minimum atomic E-state index is -0.478. The molecule has 0 aromatic heterocycles. The number of ether oxygens (including phenoxy) is 1. The summed E-state index contributed by atoms with van der Waals surface area (Å²) in [5.74, 6) is 1.28. The van der Waals surface area contributed by atoms with Crippen molar-refractivity contribution < 1.29 is 9.53 Å². The molecule has 1 amide bonds. The van der Waals surface area contributed by atoms with E-state index in [0.717, 1.165) is 31.6 Å². The van der Waals surface area contributed by atoms with Gasteiger partial charge in [0.05, 0.1) is 0 Å². The number of nitrogens with zero attached hydrogens (tertiary/aromatic N) is 1. The lowest BCUT2D eigenvalue weighted by Gasteiger charge is -2.34. The number of piperidine rings is 1. The Kier molecular flexibility index (Phi) is 6.09.